The van der Waals surface area contributed by atoms with Gasteiger partial charge in [0.25, 0.3) is 0 Å². The molecule has 21 heavy (non-hydrogen) atoms. The summed E-state index contributed by atoms with van der Waals surface area (Å²) in [5.74, 6) is 1.37. The maximum atomic E-state index is 5.77. The van der Waals surface area contributed by atoms with Gasteiger partial charge in [0, 0.05) is 11.6 Å². The molecule has 1 saturated carbocycles. The second kappa shape index (κ2) is 5.32. The van der Waals surface area contributed by atoms with E-state index in [0.29, 0.717) is 18.4 Å². The fourth-order valence-electron chi connectivity index (χ4n) is 2.72. The minimum absolute atomic E-state index is 0.203. The lowest BCUT2D eigenvalue weighted by Gasteiger charge is -2.04. The van der Waals surface area contributed by atoms with Gasteiger partial charge in [-0.05, 0) is 37.0 Å². The monoisotopic (exact) mass is 278 g/mol. The first-order chi connectivity index (χ1) is 10.4. The van der Waals surface area contributed by atoms with E-state index in [1.165, 1.54) is 24.1 Å². The Morgan fingerprint density at radius 2 is 1.86 bits per heavy atom. The van der Waals surface area contributed by atoms with E-state index in [-0.39, 0.29) is 6.04 Å². The summed E-state index contributed by atoms with van der Waals surface area (Å²) in [6.07, 6.45) is 3.45. The van der Waals surface area contributed by atoms with Gasteiger partial charge >= 0.3 is 0 Å². The minimum atomic E-state index is 0.203. The number of pyridine rings is 1. The SMILES string of the molecule is c1ccc(C[C@@H]2COC(c3cccc(C4CC4)n3)=N2)cc1. The molecule has 3 heteroatoms. The zero-order chi connectivity index (χ0) is 14.1. The molecule has 0 amide bonds. The summed E-state index contributed by atoms with van der Waals surface area (Å²) in [4.78, 5) is 9.41. The minimum Gasteiger partial charge on any atom is -0.474 e. The molecule has 1 aromatic carbocycles. The van der Waals surface area contributed by atoms with Crippen molar-refractivity contribution in [3.8, 4) is 0 Å². The number of benzene rings is 1. The molecule has 1 aliphatic carbocycles. The van der Waals surface area contributed by atoms with Crippen molar-refractivity contribution in [2.75, 3.05) is 6.61 Å². The van der Waals surface area contributed by atoms with Crippen LogP contribution < -0.4 is 0 Å². The van der Waals surface area contributed by atoms with E-state index in [2.05, 4.69) is 36.4 Å². The summed E-state index contributed by atoms with van der Waals surface area (Å²) in [7, 11) is 0. The molecule has 0 radical (unpaired) electrons. The molecule has 0 unspecified atom stereocenters. The van der Waals surface area contributed by atoms with Gasteiger partial charge in [-0.1, -0.05) is 36.4 Å². The van der Waals surface area contributed by atoms with Crippen LogP contribution in [0, 0.1) is 0 Å². The lowest BCUT2D eigenvalue weighted by Crippen LogP contribution is -2.09. The van der Waals surface area contributed by atoms with Crippen LogP contribution in [0.4, 0.5) is 0 Å². The molecule has 3 nitrogen and oxygen atoms in total. The van der Waals surface area contributed by atoms with E-state index < -0.39 is 0 Å². The molecule has 1 fully saturated rings. The number of hydrogen-bond donors (Lipinski definition) is 0. The zero-order valence-electron chi connectivity index (χ0n) is 11.9. The Morgan fingerprint density at radius 1 is 1.00 bits per heavy atom. The van der Waals surface area contributed by atoms with Gasteiger partial charge in [0.2, 0.25) is 5.90 Å². The zero-order valence-corrected chi connectivity index (χ0v) is 11.9. The first-order valence-electron chi connectivity index (χ1n) is 7.60. The molecule has 0 saturated heterocycles. The maximum Gasteiger partial charge on any atom is 0.235 e. The fourth-order valence-corrected chi connectivity index (χ4v) is 2.72. The predicted molar refractivity (Wildman–Crippen MR) is 82.6 cm³/mol. The lowest BCUT2D eigenvalue weighted by molar-refractivity contribution is 0.316. The van der Waals surface area contributed by atoms with Gasteiger partial charge in [-0.25, -0.2) is 9.98 Å². The highest BCUT2D eigenvalue weighted by atomic mass is 16.5. The highest BCUT2D eigenvalue weighted by Crippen LogP contribution is 2.38. The fraction of sp³-hybridized carbons (Fsp3) is 0.333. The van der Waals surface area contributed by atoms with Crippen LogP contribution in [0.15, 0.2) is 53.5 Å². The third-order valence-corrected chi connectivity index (χ3v) is 4.01. The Morgan fingerprint density at radius 3 is 2.67 bits per heavy atom. The molecule has 1 aliphatic heterocycles. The van der Waals surface area contributed by atoms with Gasteiger partial charge in [-0.3, -0.25) is 0 Å². The van der Waals surface area contributed by atoms with Crippen LogP contribution in [0.2, 0.25) is 0 Å². The Hall–Kier alpha value is -2.16. The summed E-state index contributed by atoms with van der Waals surface area (Å²) in [5.41, 5.74) is 3.37. The summed E-state index contributed by atoms with van der Waals surface area (Å²) in [6, 6.07) is 16.8. The summed E-state index contributed by atoms with van der Waals surface area (Å²) in [6.45, 7) is 0.652. The van der Waals surface area contributed by atoms with E-state index in [1.54, 1.807) is 0 Å². The van der Waals surface area contributed by atoms with Crippen molar-refractivity contribution in [1.82, 2.24) is 4.98 Å². The number of ether oxygens (including phenoxy) is 1. The second-order valence-corrected chi connectivity index (χ2v) is 5.81. The molecule has 1 atom stereocenters. The third kappa shape index (κ3) is 2.82. The molecule has 2 heterocycles. The Kier molecular flexibility index (Phi) is 3.18. The van der Waals surface area contributed by atoms with E-state index >= 15 is 0 Å². The molecule has 2 aliphatic rings. The molecule has 0 bridgehead atoms. The summed E-state index contributed by atoms with van der Waals surface area (Å²) >= 11 is 0. The van der Waals surface area contributed by atoms with E-state index in [9.17, 15) is 0 Å². The van der Waals surface area contributed by atoms with Crippen LogP contribution >= 0.6 is 0 Å². The first kappa shape index (κ1) is 12.6. The molecule has 0 spiro atoms. The van der Waals surface area contributed by atoms with Crippen molar-refractivity contribution < 1.29 is 4.74 Å². The van der Waals surface area contributed by atoms with E-state index in [1.807, 2.05) is 12.1 Å². The van der Waals surface area contributed by atoms with Gasteiger partial charge in [0.05, 0.1) is 6.04 Å². The molecular formula is C18H18N2O. The quantitative estimate of drug-likeness (QED) is 0.859. The maximum absolute atomic E-state index is 5.77. The van der Waals surface area contributed by atoms with Crippen molar-refractivity contribution in [2.24, 2.45) is 4.99 Å². The van der Waals surface area contributed by atoms with Gasteiger partial charge in [0.1, 0.15) is 12.3 Å². The third-order valence-electron chi connectivity index (χ3n) is 4.01. The van der Waals surface area contributed by atoms with Crippen LogP contribution in [-0.4, -0.2) is 23.5 Å². The normalized spacial score (nSPS) is 21.0. The smallest absolute Gasteiger partial charge is 0.235 e. The summed E-state index contributed by atoms with van der Waals surface area (Å²) in [5, 5.41) is 0. The average molecular weight is 278 g/mol. The molecule has 106 valence electrons. The van der Waals surface area contributed by atoms with Crippen LogP contribution in [-0.2, 0) is 11.2 Å². The number of aliphatic imine (C=N–C) groups is 1. The number of rotatable bonds is 4. The summed E-state index contributed by atoms with van der Waals surface area (Å²) < 4.78 is 5.77. The predicted octanol–water partition coefficient (Wildman–Crippen LogP) is 3.35. The number of aromatic nitrogens is 1. The van der Waals surface area contributed by atoms with Crippen LogP contribution in [0.1, 0.15) is 35.7 Å². The van der Waals surface area contributed by atoms with Crippen molar-refractivity contribution in [3.63, 3.8) is 0 Å². The van der Waals surface area contributed by atoms with Crippen LogP contribution in [0.5, 0.6) is 0 Å². The van der Waals surface area contributed by atoms with Gasteiger partial charge in [-0.15, -0.1) is 0 Å². The average Bonchev–Trinajstić information content (AvgIpc) is 3.29. The number of nitrogens with zero attached hydrogens (tertiary/aromatic N) is 2. The molecule has 4 rings (SSSR count). The Labute approximate surface area is 124 Å². The second-order valence-electron chi connectivity index (χ2n) is 5.81. The van der Waals surface area contributed by atoms with Crippen LogP contribution in [0.25, 0.3) is 0 Å². The molecule has 0 N–H and O–H groups in total. The highest BCUT2D eigenvalue weighted by molar-refractivity contribution is 5.93. The molecule has 2 aromatic rings. The molecule has 1 aromatic heterocycles. The van der Waals surface area contributed by atoms with Crippen molar-refractivity contribution in [3.05, 3.63) is 65.5 Å². The van der Waals surface area contributed by atoms with Crippen LogP contribution in [0.3, 0.4) is 0 Å². The lowest BCUT2D eigenvalue weighted by atomic mass is 10.1. The Bertz CT molecular complexity index is 662. The van der Waals surface area contributed by atoms with E-state index in [4.69, 9.17) is 14.7 Å². The van der Waals surface area contributed by atoms with Gasteiger partial charge in [0.15, 0.2) is 0 Å². The topological polar surface area (TPSA) is 34.5 Å². The van der Waals surface area contributed by atoms with Crippen molar-refractivity contribution in [2.45, 2.75) is 31.2 Å². The molecular weight excluding hydrogens is 260 g/mol. The van der Waals surface area contributed by atoms with Crippen molar-refractivity contribution >= 4 is 5.90 Å². The first-order valence-corrected chi connectivity index (χ1v) is 7.60. The van der Waals surface area contributed by atoms with E-state index in [0.717, 1.165) is 12.1 Å². The van der Waals surface area contributed by atoms with Gasteiger partial charge in [-0.2, -0.15) is 0 Å². The number of hydrogen-bond acceptors (Lipinski definition) is 3. The van der Waals surface area contributed by atoms with Crippen molar-refractivity contribution in [1.29, 1.82) is 0 Å². The Balaban J connectivity index is 1.51. The van der Waals surface area contributed by atoms with Gasteiger partial charge < -0.3 is 4.74 Å². The standard InChI is InChI=1S/C18H18N2O/c1-2-5-13(6-3-1)11-15-12-21-18(19-15)17-8-4-7-16(20-17)14-9-10-14/h1-8,14-15H,9-12H2/t15-/m1/s1. The largest absolute Gasteiger partial charge is 0.474 e. The highest BCUT2D eigenvalue weighted by Gasteiger charge is 2.26.